The van der Waals surface area contributed by atoms with Crippen LogP contribution in [0.25, 0.3) is 22.4 Å². The molecule has 4 rings (SSSR count). The molecule has 1 fully saturated rings. The second kappa shape index (κ2) is 10.7. The summed E-state index contributed by atoms with van der Waals surface area (Å²) in [7, 11) is 0. The highest BCUT2D eigenvalue weighted by Crippen LogP contribution is 2.32. The molecule has 0 unspecified atom stereocenters. The predicted octanol–water partition coefficient (Wildman–Crippen LogP) is 4.05. The molecule has 3 aromatic rings. The van der Waals surface area contributed by atoms with E-state index in [-0.39, 0.29) is 11.8 Å². The number of nitrogens with two attached hydrogens (primary N) is 2. The van der Waals surface area contributed by atoms with E-state index in [1.165, 1.54) is 6.33 Å². The zero-order valence-electron chi connectivity index (χ0n) is 20.2. The van der Waals surface area contributed by atoms with Crippen molar-refractivity contribution in [1.82, 2.24) is 15.0 Å². The summed E-state index contributed by atoms with van der Waals surface area (Å²) >= 11 is 0. The fraction of sp³-hybridized carbons (Fsp3) is 0.192. The second-order valence-electron chi connectivity index (χ2n) is 8.72. The maximum atomic E-state index is 12.9. The summed E-state index contributed by atoms with van der Waals surface area (Å²) < 4.78 is 38.7. The number of aromatic nitrogens is 3. The quantitative estimate of drug-likeness (QED) is 0.270. The van der Waals surface area contributed by atoms with Crippen molar-refractivity contribution in [3.8, 4) is 22.4 Å². The average molecular weight is 524 g/mol. The molecule has 2 aromatic heterocycles. The van der Waals surface area contributed by atoms with Crippen molar-refractivity contribution < 1.29 is 22.8 Å². The van der Waals surface area contributed by atoms with E-state index in [1.54, 1.807) is 36.7 Å². The van der Waals surface area contributed by atoms with E-state index in [1.807, 2.05) is 13.0 Å². The van der Waals surface area contributed by atoms with Crippen LogP contribution in [-0.2, 0) is 9.59 Å². The summed E-state index contributed by atoms with van der Waals surface area (Å²) in [5.74, 6) is -0.567. The Morgan fingerprint density at radius 1 is 1.05 bits per heavy atom. The average Bonchev–Trinajstić information content (AvgIpc) is 3.73. The minimum atomic E-state index is -4.75. The van der Waals surface area contributed by atoms with Gasteiger partial charge in [-0.25, -0.2) is 9.97 Å². The lowest BCUT2D eigenvalue weighted by molar-refractivity contribution is -0.117. The molecular formula is C26H24F3N7O2. The summed E-state index contributed by atoms with van der Waals surface area (Å²) in [6.07, 6.45) is 2.41. The van der Waals surface area contributed by atoms with Crippen LogP contribution in [0.1, 0.15) is 18.4 Å². The molecule has 1 aliphatic rings. The molecule has 2 amide bonds. The van der Waals surface area contributed by atoms with E-state index in [0.29, 0.717) is 46.2 Å². The molecule has 0 bridgehead atoms. The first-order valence-electron chi connectivity index (χ1n) is 11.5. The Hall–Kier alpha value is -4.74. The van der Waals surface area contributed by atoms with Crippen LogP contribution in [0.4, 0.5) is 24.7 Å². The number of carbonyl (C=O) groups excluding carboxylic acids is 2. The van der Waals surface area contributed by atoms with Crippen molar-refractivity contribution in [2.45, 2.75) is 25.9 Å². The Labute approximate surface area is 215 Å². The first-order chi connectivity index (χ1) is 18.0. The van der Waals surface area contributed by atoms with E-state index < -0.39 is 23.4 Å². The second-order valence-corrected chi connectivity index (χ2v) is 8.72. The fourth-order valence-corrected chi connectivity index (χ4v) is 3.56. The Morgan fingerprint density at radius 2 is 1.79 bits per heavy atom. The van der Waals surface area contributed by atoms with Crippen LogP contribution in [0.5, 0.6) is 0 Å². The van der Waals surface area contributed by atoms with Gasteiger partial charge in [0.2, 0.25) is 5.91 Å². The Morgan fingerprint density at radius 3 is 2.47 bits per heavy atom. The van der Waals surface area contributed by atoms with E-state index in [2.05, 4.69) is 25.6 Å². The Kier molecular flexibility index (Phi) is 7.42. The summed E-state index contributed by atoms with van der Waals surface area (Å²) in [5.41, 5.74) is 12.5. The maximum Gasteiger partial charge on any atom is 0.417 e. The van der Waals surface area contributed by atoms with Gasteiger partial charge in [-0.1, -0.05) is 6.07 Å². The molecule has 1 aliphatic carbocycles. The van der Waals surface area contributed by atoms with Gasteiger partial charge in [0.05, 0.1) is 17.0 Å². The van der Waals surface area contributed by atoms with Gasteiger partial charge in [0, 0.05) is 47.4 Å². The molecule has 2 heterocycles. The molecule has 0 atom stereocenters. The van der Waals surface area contributed by atoms with Gasteiger partial charge in [0.1, 0.15) is 12.1 Å². The number of nitrogens with one attached hydrogen (secondary N) is 2. The monoisotopic (exact) mass is 523 g/mol. The van der Waals surface area contributed by atoms with Gasteiger partial charge in [-0.2, -0.15) is 13.2 Å². The van der Waals surface area contributed by atoms with E-state index >= 15 is 0 Å². The lowest BCUT2D eigenvalue weighted by atomic mass is 9.99. The number of anilines is 2. The van der Waals surface area contributed by atoms with Crippen LogP contribution >= 0.6 is 0 Å². The van der Waals surface area contributed by atoms with Crippen LogP contribution in [0, 0.1) is 12.8 Å². The van der Waals surface area contributed by atoms with Gasteiger partial charge in [-0.3, -0.25) is 14.6 Å². The van der Waals surface area contributed by atoms with Crippen molar-refractivity contribution >= 4 is 23.3 Å². The Bertz CT molecular complexity index is 1450. The molecule has 1 aromatic carbocycles. The number of nitrogens with zero attached hydrogens (tertiary/aromatic N) is 3. The van der Waals surface area contributed by atoms with Crippen molar-refractivity contribution in [1.29, 1.82) is 0 Å². The first kappa shape index (κ1) is 26.3. The van der Waals surface area contributed by atoms with Crippen molar-refractivity contribution in [2.75, 3.05) is 10.6 Å². The van der Waals surface area contributed by atoms with E-state index in [4.69, 9.17) is 11.5 Å². The molecule has 1 saturated carbocycles. The van der Waals surface area contributed by atoms with Crippen LogP contribution in [0.2, 0.25) is 0 Å². The standard InChI is InChI=1S/C26H24F3N7O2/c1-14-2-5-19(35-25(38)21(31)7-18(10-30)26(27,28)29)8-20(14)16-6-17(12-32-11-16)22-9-23(34-13-33-22)36-24(37)15-3-4-15/h2,5-13,15H,3-4,30-31H2,1H3,(H,35,38)(H,33,34,36,37)/b18-10+,21-7-. The minimum Gasteiger partial charge on any atom is -0.404 e. The number of carbonyl (C=O) groups is 2. The third kappa shape index (κ3) is 6.33. The van der Waals surface area contributed by atoms with Gasteiger partial charge in [-0.15, -0.1) is 0 Å². The molecule has 196 valence electrons. The van der Waals surface area contributed by atoms with Crippen LogP contribution < -0.4 is 22.1 Å². The fourth-order valence-electron chi connectivity index (χ4n) is 3.56. The largest absolute Gasteiger partial charge is 0.417 e. The highest BCUT2D eigenvalue weighted by molar-refractivity contribution is 6.03. The van der Waals surface area contributed by atoms with Crippen LogP contribution in [0.3, 0.4) is 0 Å². The molecule has 0 saturated heterocycles. The minimum absolute atomic E-state index is 0.0313. The third-order valence-electron chi connectivity index (χ3n) is 5.79. The topological polar surface area (TPSA) is 149 Å². The van der Waals surface area contributed by atoms with Gasteiger partial charge in [-0.05, 0) is 55.2 Å². The molecule has 38 heavy (non-hydrogen) atoms. The van der Waals surface area contributed by atoms with E-state index in [0.717, 1.165) is 18.4 Å². The van der Waals surface area contributed by atoms with Gasteiger partial charge < -0.3 is 22.1 Å². The zero-order valence-corrected chi connectivity index (χ0v) is 20.2. The molecule has 6 N–H and O–H groups in total. The molecular weight excluding hydrogens is 499 g/mol. The first-order valence-corrected chi connectivity index (χ1v) is 11.5. The van der Waals surface area contributed by atoms with Crippen molar-refractivity contribution in [3.63, 3.8) is 0 Å². The number of rotatable bonds is 7. The number of pyridine rings is 1. The summed E-state index contributed by atoms with van der Waals surface area (Å²) in [6, 6.07) is 8.50. The molecule has 0 radical (unpaired) electrons. The number of hydrogen-bond acceptors (Lipinski definition) is 7. The van der Waals surface area contributed by atoms with Crippen molar-refractivity contribution in [2.24, 2.45) is 17.4 Å². The van der Waals surface area contributed by atoms with Gasteiger partial charge in [0.15, 0.2) is 0 Å². The molecule has 12 heteroatoms. The normalized spacial score (nSPS) is 14.2. The van der Waals surface area contributed by atoms with Crippen molar-refractivity contribution in [3.05, 3.63) is 78.2 Å². The summed E-state index contributed by atoms with van der Waals surface area (Å²) in [4.78, 5) is 37.2. The van der Waals surface area contributed by atoms with Crippen LogP contribution in [-0.4, -0.2) is 32.9 Å². The number of alkyl halides is 3. The lowest BCUT2D eigenvalue weighted by Crippen LogP contribution is -2.22. The highest BCUT2D eigenvalue weighted by Gasteiger charge is 2.32. The summed E-state index contributed by atoms with van der Waals surface area (Å²) in [6.45, 7) is 1.86. The molecule has 0 spiro atoms. The SMILES string of the molecule is Cc1ccc(NC(=O)/C(N)=C/C(=C\N)C(F)(F)F)cc1-c1cncc(-c2cc(NC(=O)C3CC3)ncn2)c1. The maximum absolute atomic E-state index is 12.9. The Balaban J connectivity index is 1.56. The van der Waals surface area contributed by atoms with Crippen LogP contribution in [0.15, 0.2) is 72.6 Å². The van der Waals surface area contributed by atoms with Gasteiger partial charge in [0.25, 0.3) is 5.91 Å². The summed E-state index contributed by atoms with van der Waals surface area (Å²) in [5, 5.41) is 5.29. The molecule has 0 aliphatic heterocycles. The third-order valence-corrected chi connectivity index (χ3v) is 5.79. The number of benzene rings is 1. The smallest absolute Gasteiger partial charge is 0.404 e. The van der Waals surface area contributed by atoms with E-state index in [9.17, 15) is 22.8 Å². The number of hydrogen-bond donors (Lipinski definition) is 4. The number of halogens is 3. The number of aryl methyl sites for hydroxylation is 1. The van der Waals surface area contributed by atoms with Gasteiger partial charge >= 0.3 is 6.18 Å². The number of allylic oxidation sites excluding steroid dienone is 2. The predicted molar refractivity (Wildman–Crippen MR) is 136 cm³/mol. The lowest BCUT2D eigenvalue weighted by Gasteiger charge is -2.12. The highest BCUT2D eigenvalue weighted by atomic mass is 19.4. The zero-order chi connectivity index (χ0) is 27.4. The number of amides is 2. The molecule has 9 nitrogen and oxygen atoms in total.